The van der Waals surface area contributed by atoms with Crippen LogP contribution in [0.4, 0.5) is 5.69 Å². The molecule has 0 fully saturated rings. The van der Waals surface area contributed by atoms with E-state index in [0.717, 1.165) is 11.3 Å². The molecule has 0 radical (unpaired) electrons. The summed E-state index contributed by atoms with van der Waals surface area (Å²) in [6.45, 7) is 3.57. The van der Waals surface area contributed by atoms with Crippen molar-refractivity contribution in [2.75, 3.05) is 5.32 Å². The molecule has 1 aliphatic carbocycles. The number of ketones is 1. The molecule has 0 heterocycles. The largest absolute Gasteiger partial charge is 0.352 e. The van der Waals surface area contributed by atoms with Crippen molar-refractivity contribution in [2.45, 2.75) is 18.7 Å². The van der Waals surface area contributed by atoms with Gasteiger partial charge in [-0.15, -0.1) is 0 Å². The van der Waals surface area contributed by atoms with Crippen LogP contribution in [0.2, 0.25) is 0 Å². The van der Waals surface area contributed by atoms with Gasteiger partial charge in [-0.3, -0.25) is 4.79 Å². The monoisotopic (exact) mass is 416 g/mol. The van der Waals surface area contributed by atoms with Crippen molar-refractivity contribution in [1.82, 2.24) is 0 Å². The number of Topliss-reactive ketones (excluding diaryl/α,β-unsaturated/α-hetero) is 1. The Morgan fingerprint density at radius 2 is 1.50 bits per heavy atom. The molecule has 0 spiro atoms. The average molecular weight is 417 g/mol. The molecule has 1 aliphatic rings. The Morgan fingerprint density at radius 1 is 0.833 bits per heavy atom. The van der Waals surface area contributed by atoms with Crippen LogP contribution in [-0.4, -0.2) is 19.9 Å². The van der Waals surface area contributed by atoms with E-state index < -0.39 is 10.0 Å². The molecule has 3 aromatic rings. The zero-order chi connectivity index (χ0) is 21.3. The van der Waals surface area contributed by atoms with Crippen LogP contribution in [0.1, 0.15) is 27.0 Å². The topological polar surface area (TPSA) is 75.6 Å². The van der Waals surface area contributed by atoms with Crippen LogP contribution in [0.25, 0.3) is 0 Å². The molecule has 0 atom stereocenters. The van der Waals surface area contributed by atoms with E-state index in [1.165, 1.54) is 6.08 Å². The average Bonchev–Trinajstić information content (AvgIpc) is 2.74. The Labute approximate surface area is 175 Å². The molecule has 0 saturated heterocycles. The molecule has 6 heteroatoms. The van der Waals surface area contributed by atoms with Gasteiger partial charge in [0, 0.05) is 16.8 Å². The Balaban J connectivity index is 1.85. The second-order valence-corrected chi connectivity index (χ2v) is 8.72. The standard InChI is InChI=1S/C24H20N2O3S/c1-16-12-13-17(2)23(14-16)30(28,29)26-21-15-22(25-18-8-4-3-5-9-18)24(27)20-11-7-6-10-19(20)21/h3-15,25H,1-2H3. The predicted molar refractivity (Wildman–Crippen MR) is 119 cm³/mol. The molecule has 0 amide bonds. The Morgan fingerprint density at radius 3 is 2.23 bits per heavy atom. The first-order valence-corrected chi connectivity index (χ1v) is 10.9. The minimum Gasteiger partial charge on any atom is -0.352 e. The van der Waals surface area contributed by atoms with Crippen LogP contribution in [0, 0.1) is 13.8 Å². The van der Waals surface area contributed by atoms with Gasteiger partial charge in [-0.1, -0.05) is 54.6 Å². The van der Waals surface area contributed by atoms with Crippen molar-refractivity contribution >= 4 is 27.2 Å². The summed E-state index contributed by atoms with van der Waals surface area (Å²) in [6, 6.07) is 21.4. The molecule has 0 unspecified atom stereocenters. The molecule has 4 rings (SSSR count). The van der Waals surface area contributed by atoms with E-state index in [1.807, 2.05) is 43.3 Å². The van der Waals surface area contributed by atoms with Crippen LogP contribution < -0.4 is 5.32 Å². The van der Waals surface area contributed by atoms with Crippen molar-refractivity contribution in [3.63, 3.8) is 0 Å². The van der Waals surface area contributed by atoms with Crippen LogP contribution in [0.3, 0.4) is 0 Å². The van der Waals surface area contributed by atoms with E-state index in [2.05, 4.69) is 9.71 Å². The molecule has 0 aromatic heterocycles. The quantitative estimate of drug-likeness (QED) is 0.670. The predicted octanol–water partition coefficient (Wildman–Crippen LogP) is 4.67. The zero-order valence-electron chi connectivity index (χ0n) is 16.6. The summed E-state index contributed by atoms with van der Waals surface area (Å²) in [7, 11) is -3.97. The van der Waals surface area contributed by atoms with Gasteiger partial charge in [0.25, 0.3) is 10.0 Å². The number of allylic oxidation sites excluding steroid dienone is 2. The first-order valence-electron chi connectivity index (χ1n) is 9.45. The number of carbonyl (C=O) groups is 1. The van der Waals surface area contributed by atoms with Gasteiger partial charge in [-0.05, 0) is 49.2 Å². The van der Waals surface area contributed by atoms with E-state index in [0.29, 0.717) is 16.7 Å². The second-order valence-electron chi connectivity index (χ2n) is 7.14. The maximum atomic E-state index is 13.1. The first-order chi connectivity index (χ1) is 14.3. The number of para-hydroxylation sites is 1. The fourth-order valence-electron chi connectivity index (χ4n) is 3.34. The fourth-order valence-corrected chi connectivity index (χ4v) is 4.66. The minimum absolute atomic E-state index is 0.162. The number of benzene rings is 3. The number of nitrogens with zero attached hydrogens (tertiary/aromatic N) is 1. The summed E-state index contributed by atoms with van der Waals surface area (Å²) < 4.78 is 30.3. The molecule has 1 N–H and O–H groups in total. The van der Waals surface area contributed by atoms with Crippen molar-refractivity contribution in [3.8, 4) is 0 Å². The summed E-state index contributed by atoms with van der Waals surface area (Å²) in [5.41, 5.74) is 3.59. The summed E-state index contributed by atoms with van der Waals surface area (Å²) in [5, 5.41) is 3.08. The number of anilines is 1. The van der Waals surface area contributed by atoms with Gasteiger partial charge in [0.15, 0.2) is 0 Å². The molecule has 30 heavy (non-hydrogen) atoms. The van der Waals surface area contributed by atoms with Gasteiger partial charge in [0.2, 0.25) is 5.78 Å². The highest BCUT2D eigenvalue weighted by Gasteiger charge is 2.26. The number of sulfonamides is 1. The highest BCUT2D eigenvalue weighted by atomic mass is 32.2. The van der Waals surface area contributed by atoms with Crippen molar-refractivity contribution in [1.29, 1.82) is 0 Å². The van der Waals surface area contributed by atoms with Gasteiger partial charge in [0.05, 0.1) is 16.3 Å². The Bertz CT molecular complexity index is 1310. The van der Waals surface area contributed by atoms with Gasteiger partial charge < -0.3 is 5.32 Å². The summed E-state index contributed by atoms with van der Waals surface area (Å²) >= 11 is 0. The minimum atomic E-state index is -3.97. The highest BCUT2D eigenvalue weighted by Crippen LogP contribution is 2.26. The number of carbonyl (C=O) groups excluding carboxylic acids is 1. The van der Waals surface area contributed by atoms with Gasteiger partial charge in [-0.2, -0.15) is 12.8 Å². The molecular weight excluding hydrogens is 396 g/mol. The van der Waals surface area contributed by atoms with E-state index in [9.17, 15) is 13.2 Å². The number of fused-ring (bicyclic) bond motifs is 1. The van der Waals surface area contributed by atoms with Gasteiger partial charge >= 0.3 is 0 Å². The molecule has 5 nitrogen and oxygen atoms in total. The lowest BCUT2D eigenvalue weighted by atomic mass is 9.92. The fraction of sp³-hybridized carbons (Fsp3) is 0.0833. The maximum Gasteiger partial charge on any atom is 0.283 e. The third-order valence-electron chi connectivity index (χ3n) is 4.87. The lowest BCUT2D eigenvalue weighted by Gasteiger charge is -2.19. The second kappa shape index (κ2) is 7.72. The van der Waals surface area contributed by atoms with E-state index in [1.54, 1.807) is 43.3 Å². The number of aryl methyl sites for hydroxylation is 2. The van der Waals surface area contributed by atoms with Crippen molar-refractivity contribution < 1.29 is 13.2 Å². The summed E-state index contributed by atoms with van der Waals surface area (Å²) in [5.74, 6) is -0.211. The number of hydrogen-bond donors (Lipinski definition) is 1. The van der Waals surface area contributed by atoms with Crippen LogP contribution in [0.5, 0.6) is 0 Å². The molecule has 0 bridgehead atoms. The summed E-state index contributed by atoms with van der Waals surface area (Å²) in [4.78, 5) is 13.1. The third-order valence-corrected chi connectivity index (χ3v) is 6.30. The first kappa shape index (κ1) is 19.8. The molecule has 150 valence electrons. The highest BCUT2D eigenvalue weighted by molar-refractivity contribution is 7.90. The smallest absolute Gasteiger partial charge is 0.283 e. The normalized spacial score (nSPS) is 14.9. The van der Waals surface area contributed by atoms with Crippen LogP contribution in [0.15, 0.2) is 93.9 Å². The zero-order valence-corrected chi connectivity index (χ0v) is 17.4. The van der Waals surface area contributed by atoms with Gasteiger partial charge in [-0.25, -0.2) is 0 Å². The van der Waals surface area contributed by atoms with E-state index >= 15 is 0 Å². The lowest BCUT2D eigenvalue weighted by Crippen LogP contribution is -2.22. The molecule has 0 aliphatic heterocycles. The maximum absolute atomic E-state index is 13.1. The van der Waals surface area contributed by atoms with E-state index in [-0.39, 0.29) is 22.1 Å². The molecule has 0 saturated carbocycles. The molecule has 3 aromatic carbocycles. The SMILES string of the molecule is Cc1ccc(C)c(S(=O)(=O)N=C2C=C(Nc3ccccc3)C(=O)c3ccccc32)c1. The lowest BCUT2D eigenvalue weighted by molar-refractivity contribution is 0.103. The third kappa shape index (κ3) is 3.82. The van der Waals surface area contributed by atoms with Crippen molar-refractivity contribution in [2.24, 2.45) is 4.40 Å². The Hall–Kier alpha value is -3.51. The number of hydrogen-bond acceptors (Lipinski definition) is 4. The summed E-state index contributed by atoms with van der Waals surface area (Å²) in [6.07, 6.45) is 1.50. The number of rotatable bonds is 4. The van der Waals surface area contributed by atoms with E-state index in [4.69, 9.17) is 0 Å². The van der Waals surface area contributed by atoms with Crippen LogP contribution in [-0.2, 0) is 10.0 Å². The molecular formula is C24H20N2O3S. The Kier molecular flexibility index (Phi) is 5.10. The van der Waals surface area contributed by atoms with Crippen molar-refractivity contribution in [3.05, 3.63) is 107 Å². The van der Waals surface area contributed by atoms with Gasteiger partial charge in [0.1, 0.15) is 0 Å². The van der Waals surface area contributed by atoms with Crippen LogP contribution >= 0.6 is 0 Å². The number of nitrogens with one attached hydrogen (secondary N) is 1.